The Morgan fingerprint density at radius 1 is 1.38 bits per heavy atom. The van der Waals surface area contributed by atoms with Gasteiger partial charge >= 0.3 is 5.97 Å². The van der Waals surface area contributed by atoms with Crippen LogP contribution in [0, 0.1) is 5.92 Å². The highest BCUT2D eigenvalue weighted by Gasteiger charge is 2.28. The second-order valence-corrected chi connectivity index (χ2v) is 4.87. The Bertz CT molecular complexity index is 215. The van der Waals surface area contributed by atoms with Gasteiger partial charge in [0.05, 0.1) is 6.10 Å². The van der Waals surface area contributed by atoms with Gasteiger partial charge in [-0.2, -0.15) is 0 Å². The summed E-state index contributed by atoms with van der Waals surface area (Å²) < 4.78 is 5.20. The van der Waals surface area contributed by atoms with Gasteiger partial charge in [0.25, 0.3) is 0 Å². The van der Waals surface area contributed by atoms with Gasteiger partial charge in [-0.05, 0) is 25.7 Å². The van der Waals surface area contributed by atoms with Crippen LogP contribution in [0.15, 0.2) is 0 Å². The first kappa shape index (κ1) is 15.4. The van der Waals surface area contributed by atoms with Gasteiger partial charge in [-0.1, -0.05) is 13.8 Å². The molecule has 4 nitrogen and oxygen atoms in total. The second-order valence-electron chi connectivity index (χ2n) is 4.87. The highest BCUT2D eigenvalue weighted by atomic mass is 16.6. The van der Waals surface area contributed by atoms with Crippen molar-refractivity contribution in [3.05, 3.63) is 0 Å². The van der Waals surface area contributed by atoms with E-state index in [0.29, 0.717) is 19.3 Å². The molecule has 0 bridgehead atoms. The largest absolute Gasteiger partial charge is 0.459 e. The van der Waals surface area contributed by atoms with Crippen molar-refractivity contribution < 1.29 is 19.7 Å². The maximum Gasteiger partial charge on any atom is 0.303 e. The molecule has 0 fully saturated rings. The molecule has 0 rings (SSSR count). The molecule has 2 N–H and O–H groups in total. The lowest BCUT2D eigenvalue weighted by molar-refractivity contribution is -0.158. The Morgan fingerprint density at radius 2 is 1.94 bits per heavy atom. The van der Waals surface area contributed by atoms with Crippen molar-refractivity contribution in [1.82, 2.24) is 0 Å². The summed E-state index contributed by atoms with van der Waals surface area (Å²) in [6, 6.07) is 0. The topological polar surface area (TPSA) is 66.8 Å². The zero-order chi connectivity index (χ0) is 12.8. The third-order valence-electron chi connectivity index (χ3n) is 2.77. The van der Waals surface area contributed by atoms with Crippen LogP contribution in [0.25, 0.3) is 0 Å². The normalized spacial score (nSPS) is 16.9. The molecule has 0 heterocycles. The molecule has 4 heteroatoms. The lowest BCUT2D eigenvalue weighted by atomic mass is 9.91. The summed E-state index contributed by atoms with van der Waals surface area (Å²) in [5.74, 6) is -0.161. The fourth-order valence-corrected chi connectivity index (χ4v) is 1.60. The van der Waals surface area contributed by atoms with Crippen molar-refractivity contribution >= 4 is 5.97 Å². The van der Waals surface area contributed by atoms with Crippen molar-refractivity contribution in [3.8, 4) is 0 Å². The molecule has 0 saturated carbocycles. The van der Waals surface area contributed by atoms with Gasteiger partial charge in [0.15, 0.2) is 0 Å². The Morgan fingerprint density at radius 3 is 2.31 bits per heavy atom. The summed E-state index contributed by atoms with van der Waals surface area (Å²) in [5.41, 5.74) is -0.670. The third kappa shape index (κ3) is 6.08. The zero-order valence-corrected chi connectivity index (χ0v) is 10.7. The fourth-order valence-electron chi connectivity index (χ4n) is 1.60. The lowest BCUT2D eigenvalue weighted by Crippen LogP contribution is -2.33. The summed E-state index contributed by atoms with van der Waals surface area (Å²) in [5, 5.41) is 18.6. The Labute approximate surface area is 97.6 Å². The zero-order valence-electron chi connectivity index (χ0n) is 10.7. The van der Waals surface area contributed by atoms with Crippen LogP contribution in [0.2, 0.25) is 0 Å². The first-order chi connectivity index (χ1) is 7.30. The first-order valence-corrected chi connectivity index (χ1v) is 5.79. The van der Waals surface area contributed by atoms with Gasteiger partial charge in [-0.3, -0.25) is 4.79 Å². The molecular formula is C12H24O4. The minimum atomic E-state index is -0.670. The summed E-state index contributed by atoms with van der Waals surface area (Å²) in [6.45, 7) is 7.01. The van der Waals surface area contributed by atoms with Crippen LogP contribution in [-0.2, 0) is 9.53 Å². The predicted octanol–water partition coefficient (Wildman–Crippen LogP) is 1.49. The predicted molar refractivity (Wildman–Crippen MR) is 62.0 cm³/mol. The van der Waals surface area contributed by atoms with Gasteiger partial charge in [-0.15, -0.1) is 0 Å². The molecule has 2 atom stereocenters. The van der Waals surface area contributed by atoms with Crippen LogP contribution >= 0.6 is 0 Å². The maximum absolute atomic E-state index is 10.9. The molecule has 0 amide bonds. The van der Waals surface area contributed by atoms with Gasteiger partial charge in [0, 0.05) is 20.0 Å². The Hall–Kier alpha value is -0.610. The molecule has 0 saturated heterocycles. The first-order valence-electron chi connectivity index (χ1n) is 5.79. The number of hydrogen-bond donors (Lipinski definition) is 2. The number of carbonyl (C=O) groups is 1. The number of rotatable bonds is 7. The van der Waals surface area contributed by atoms with Gasteiger partial charge in [-0.25, -0.2) is 0 Å². The number of aliphatic hydroxyl groups is 2. The molecule has 0 aromatic carbocycles. The minimum absolute atomic E-state index is 0.0262. The van der Waals surface area contributed by atoms with E-state index in [2.05, 4.69) is 0 Å². The number of ether oxygens (including phenoxy) is 1. The molecule has 96 valence electrons. The molecule has 0 aliphatic carbocycles. The van der Waals surface area contributed by atoms with E-state index in [0.717, 1.165) is 0 Å². The molecule has 0 aliphatic rings. The van der Waals surface area contributed by atoms with E-state index in [1.54, 1.807) is 6.92 Å². The van der Waals surface area contributed by atoms with E-state index in [9.17, 15) is 9.90 Å². The number of esters is 1. The van der Waals surface area contributed by atoms with Crippen molar-refractivity contribution in [1.29, 1.82) is 0 Å². The van der Waals surface area contributed by atoms with Crippen molar-refractivity contribution in [3.63, 3.8) is 0 Å². The standard InChI is InChI=1S/C12H24O4/c1-9(2)11(15)5-6-12(4,7-8-13)16-10(3)14/h9,11,13,15H,5-8H2,1-4H3. The van der Waals surface area contributed by atoms with Crippen LogP contribution in [0.3, 0.4) is 0 Å². The summed E-state index contributed by atoms with van der Waals surface area (Å²) in [4.78, 5) is 10.9. The fraction of sp³-hybridized carbons (Fsp3) is 0.917. The monoisotopic (exact) mass is 232 g/mol. The van der Waals surface area contributed by atoms with Crippen LogP contribution in [-0.4, -0.2) is 34.5 Å². The highest BCUT2D eigenvalue weighted by molar-refractivity contribution is 5.66. The summed E-state index contributed by atoms with van der Waals surface area (Å²) >= 11 is 0. The smallest absolute Gasteiger partial charge is 0.303 e. The van der Waals surface area contributed by atoms with Gasteiger partial charge < -0.3 is 14.9 Å². The second kappa shape index (κ2) is 6.86. The van der Waals surface area contributed by atoms with Crippen LogP contribution in [0.1, 0.15) is 47.0 Å². The van der Waals surface area contributed by atoms with E-state index in [1.165, 1.54) is 6.92 Å². The van der Waals surface area contributed by atoms with Crippen molar-refractivity contribution in [2.45, 2.75) is 58.7 Å². The molecule has 0 aromatic heterocycles. The molecular weight excluding hydrogens is 208 g/mol. The SMILES string of the molecule is CC(=O)OC(C)(CCO)CCC(O)C(C)C. The average molecular weight is 232 g/mol. The molecule has 0 aliphatic heterocycles. The van der Waals surface area contributed by atoms with E-state index in [1.807, 2.05) is 13.8 Å². The van der Waals surface area contributed by atoms with E-state index in [-0.39, 0.29) is 18.5 Å². The van der Waals surface area contributed by atoms with Crippen LogP contribution in [0.5, 0.6) is 0 Å². The molecule has 0 aromatic rings. The van der Waals surface area contributed by atoms with Crippen molar-refractivity contribution in [2.75, 3.05) is 6.61 Å². The average Bonchev–Trinajstić information content (AvgIpc) is 2.13. The number of carbonyl (C=O) groups excluding carboxylic acids is 1. The lowest BCUT2D eigenvalue weighted by Gasteiger charge is -2.30. The van der Waals surface area contributed by atoms with E-state index in [4.69, 9.17) is 9.84 Å². The minimum Gasteiger partial charge on any atom is -0.459 e. The number of hydrogen-bond acceptors (Lipinski definition) is 4. The van der Waals surface area contributed by atoms with Gasteiger partial charge in [0.2, 0.25) is 0 Å². The molecule has 0 radical (unpaired) electrons. The molecule has 16 heavy (non-hydrogen) atoms. The Kier molecular flexibility index (Phi) is 6.60. The highest BCUT2D eigenvalue weighted by Crippen LogP contribution is 2.24. The third-order valence-corrected chi connectivity index (χ3v) is 2.77. The van der Waals surface area contributed by atoms with E-state index < -0.39 is 11.7 Å². The van der Waals surface area contributed by atoms with Crippen LogP contribution in [0.4, 0.5) is 0 Å². The van der Waals surface area contributed by atoms with Crippen LogP contribution < -0.4 is 0 Å². The number of aliphatic hydroxyl groups excluding tert-OH is 2. The summed E-state index contributed by atoms with van der Waals surface area (Å²) in [7, 11) is 0. The van der Waals surface area contributed by atoms with E-state index >= 15 is 0 Å². The maximum atomic E-state index is 10.9. The van der Waals surface area contributed by atoms with Crippen molar-refractivity contribution in [2.24, 2.45) is 5.92 Å². The van der Waals surface area contributed by atoms with Gasteiger partial charge in [0.1, 0.15) is 5.60 Å². The quantitative estimate of drug-likeness (QED) is 0.653. The Balaban J connectivity index is 4.26. The summed E-state index contributed by atoms with van der Waals surface area (Å²) in [6.07, 6.45) is 1.14. The molecule has 2 unspecified atom stereocenters. The molecule has 0 spiro atoms.